The van der Waals surface area contributed by atoms with Gasteiger partial charge in [-0.15, -0.1) is 0 Å². The third-order valence-electron chi connectivity index (χ3n) is 3.07. The monoisotopic (exact) mass is 248 g/mol. The van der Waals surface area contributed by atoms with Gasteiger partial charge >= 0.3 is 5.97 Å². The van der Waals surface area contributed by atoms with Gasteiger partial charge in [0.05, 0.1) is 24.9 Å². The van der Waals surface area contributed by atoms with E-state index in [1.165, 1.54) is 7.11 Å². The van der Waals surface area contributed by atoms with Gasteiger partial charge in [0.1, 0.15) is 0 Å². The Kier molecular flexibility index (Phi) is 5.41. The first-order valence-electron chi connectivity index (χ1n) is 5.63. The van der Waals surface area contributed by atoms with Crippen LogP contribution in [0.1, 0.15) is 26.7 Å². The van der Waals surface area contributed by atoms with Crippen LogP contribution in [0.5, 0.6) is 0 Å². The number of rotatable bonds is 5. The van der Waals surface area contributed by atoms with E-state index in [4.69, 9.17) is 4.74 Å². The molecule has 0 amide bonds. The van der Waals surface area contributed by atoms with Crippen molar-refractivity contribution in [2.45, 2.75) is 38.0 Å². The van der Waals surface area contributed by atoms with Crippen molar-refractivity contribution in [1.82, 2.24) is 0 Å². The lowest BCUT2D eigenvalue weighted by Gasteiger charge is -2.19. The van der Waals surface area contributed by atoms with Gasteiger partial charge in [-0.2, -0.15) is 0 Å². The molecule has 0 spiro atoms. The molecule has 5 heteroatoms. The van der Waals surface area contributed by atoms with Crippen LogP contribution in [0, 0.1) is 5.92 Å². The van der Waals surface area contributed by atoms with Gasteiger partial charge < -0.3 is 9.47 Å². The molecule has 0 aromatic carbocycles. The highest BCUT2D eigenvalue weighted by molar-refractivity contribution is 7.85. The maximum Gasteiger partial charge on any atom is 0.309 e. The summed E-state index contributed by atoms with van der Waals surface area (Å²) in [4.78, 5) is 11.3. The van der Waals surface area contributed by atoms with E-state index >= 15 is 0 Å². The molecule has 0 aromatic rings. The molecule has 0 radical (unpaired) electrons. The van der Waals surface area contributed by atoms with Gasteiger partial charge in [-0.1, -0.05) is 6.92 Å². The van der Waals surface area contributed by atoms with Crippen molar-refractivity contribution in [3.8, 4) is 0 Å². The molecule has 0 aromatic heterocycles. The van der Waals surface area contributed by atoms with Gasteiger partial charge in [0.25, 0.3) is 0 Å². The van der Waals surface area contributed by atoms with E-state index in [2.05, 4.69) is 4.74 Å². The van der Waals surface area contributed by atoms with Crippen LogP contribution < -0.4 is 0 Å². The van der Waals surface area contributed by atoms with Crippen LogP contribution in [-0.4, -0.2) is 41.0 Å². The fraction of sp³-hybridized carbons (Fsp3) is 0.909. The Bertz CT molecular complexity index is 261. The molecular formula is C11H20O4S. The lowest BCUT2D eigenvalue weighted by Crippen LogP contribution is -2.32. The van der Waals surface area contributed by atoms with E-state index in [1.807, 2.05) is 6.92 Å². The smallest absolute Gasteiger partial charge is 0.309 e. The molecule has 1 rings (SSSR count). The van der Waals surface area contributed by atoms with Crippen LogP contribution in [0.3, 0.4) is 0 Å². The second-order valence-corrected chi connectivity index (χ2v) is 6.04. The van der Waals surface area contributed by atoms with E-state index in [1.54, 1.807) is 6.92 Å². The van der Waals surface area contributed by atoms with Crippen molar-refractivity contribution in [2.24, 2.45) is 5.92 Å². The third-order valence-corrected chi connectivity index (χ3v) is 5.00. The van der Waals surface area contributed by atoms with E-state index in [9.17, 15) is 9.00 Å². The summed E-state index contributed by atoms with van der Waals surface area (Å²) in [6.45, 7) is 4.35. The van der Waals surface area contributed by atoms with Crippen molar-refractivity contribution in [1.29, 1.82) is 0 Å². The highest BCUT2D eigenvalue weighted by Gasteiger charge is 2.28. The number of hydrogen-bond donors (Lipinski definition) is 0. The average Bonchev–Trinajstić information content (AvgIpc) is 2.78. The summed E-state index contributed by atoms with van der Waals surface area (Å²) < 4.78 is 22.1. The number of carbonyl (C=O) groups is 1. The molecule has 1 saturated heterocycles. The minimum absolute atomic E-state index is 0.105. The fourth-order valence-corrected chi connectivity index (χ4v) is 3.22. The molecule has 1 aliphatic rings. The number of ether oxygens (including phenoxy) is 2. The molecule has 94 valence electrons. The molecular weight excluding hydrogens is 228 g/mol. The largest absolute Gasteiger partial charge is 0.469 e. The predicted octanol–water partition coefficient (Wildman–Crippen LogP) is 1.11. The Balaban J connectivity index is 2.42. The molecule has 0 saturated carbocycles. The molecule has 4 unspecified atom stereocenters. The molecule has 0 N–H and O–H groups in total. The van der Waals surface area contributed by atoms with Crippen molar-refractivity contribution in [2.75, 3.05) is 19.5 Å². The molecule has 4 atom stereocenters. The maximum atomic E-state index is 12.0. The molecule has 16 heavy (non-hydrogen) atoms. The van der Waals surface area contributed by atoms with Crippen LogP contribution in [0.4, 0.5) is 0 Å². The van der Waals surface area contributed by atoms with Gasteiger partial charge in [0, 0.05) is 22.7 Å². The van der Waals surface area contributed by atoms with Crippen molar-refractivity contribution in [3.05, 3.63) is 0 Å². The molecule has 1 aliphatic heterocycles. The van der Waals surface area contributed by atoms with Crippen LogP contribution in [0.15, 0.2) is 0 Å². The minimum atomic E-state index is -1.03. The number of hydrogen-bond acceptors (Lipinski definition) is 4. The highest BCUT2D eigenvalue weighted by atomic mass is 32.2. The average molecular weight is 248 g/mol. The molecule has 1 fully saturated rings. The lowest BCUT2D eigenvalue weighted by molar-refractivity contribution is -0.144. The summed E-state index contributed by atoms with van der Waals surface area (Å²) in [5, 5.41) is -0.184. The van der Waals surface area contributed by atoms with E-state index < -0.39 is 10.8 Å². The quantitative estimate of drug-likeness (QED) is 0.684. The number of esters is 1. The zero-order valence-corrected chi connectivity index (χ0v) is 10.9. The van der Waals surface area contributed by atoms with Crippen LogP contribution in [0.25, 0.3) is 0 Å². The molecule has 0 bridgehead atoms. The van der Waals surface area contributed by atoms with Gasteiger partial charge in [0.2, 0.25) is 0 Å². The van der Waals surface area contributed by atoms with Crippen LogP contribution in [0.2, 0.25) is 0 Å². The predicted molar refractivity (Wildman–Crippen MR) is 62.6 cm³/mol. The van der Waals surface area contributed by atoms with Gasteiger partial charge in [-0.3, -0.25) is 9.00 Å². The number of methoxy groups -OCH3 is 1. The van der Waals surface area contributed by atoms with Gasteiger partial charge in [-0.25, -0.2) is 0 Å². The SMILES string of the molecule is COC(=O)C(C)C(C)S(=O)CC1CCCO1. The molecule has 0 aliphatic carbocycles. The summed E-state index contributed by atoms with van der Waals surface area (Å²) in [6.07, 6.45) is 2.13. The van der Waals surface area contributed by atoms with E-state index in [0.29, 0.717) is 5.75 Å². The summed E-state index contributed by atoms with van der Waals surface area (Å²) in [7, 11) is 0.323. The first kappa shape index (κ1) is 13.6. The van der Waals surface area contributed by atoms with Crippen molar-refractivity contribution < 1.29 is 18.5 Å². The van der Waals surface area contributed by atoms with Crippen LogP contribution in [-0.2, 0) is 25.1 Å². The first-order chi connectivity index (χ1) is 7.56. The highest BCUT2D eigenvalue weighted by Crippen LogP contribution is 2.17. The van der Waals surface area contributed by atoms with E-state index in [0.717, 1.165) is 19.4 Å². The Hall–Kier alpha value is -0.420. The Morgan fingerprint density at radius 2 is 2.25 bits per heavy atom. The Morgan fingerprint density at radius 1 is 1.56 bits per heavy atom. The topological polar surface area (TPSA) is 52.6 Å². The van der Waals surface area contributed by atoms with E-state index in [-0.39, 0.29) is 23.2 Å². The Morgan fingerprint density at radius 3 is 2.75 bits per heavy atom. The van der Waals surface area contributed by atoms with Gasteiger partial charge in [0.15, 0.2) is 0 Å². The lowest BCUT2D eigenvalue weighted by atomic mass is 10.1. The molecule has 1 heterocycles. The standard InChI is InChI=1S/C11H20O4S/c1-8(11(12)14-3)9(2)16(13)7-10-5-4-6-15-10/h8-10H,4-7H2,1-3H3. The fourth-order valence-electron chi connectivity index (χ4n) is 1.72. The summed E-state index contributed by atoms with van der Waals surface area (Å²) in [5.74, 6) is -0.0943. The zero-order chi connectivity index (χ0) is 12.1. The third kappa shape index (κ3) is 3.56. The van der Waals surface area contributed by atoms with Crippen molar-refractivity contribution >= 4 is 16.8 Å². The minimum Gasteiger partial charge on any atom is -0.469 e. The normalized spacial score (nSPS) is 26.1. The van der Waals surface area contributed by atoms with Crippen molar-refractivity contribution in [3.63, 3.8) is 0 Å². The Labute approximate surface area is 99.1 Å². The first-order valence-corrected chi connectivity index (χ1v) is 7.01. The molecule has 4 nitrogen and oxygen atoms in total. The second-order valence-electron chi connectivity index (χ2n) is 4.20. The second kappa shape index (κ2) is 6.35. The summed E-state index contributed by atoms with van der Waals surface area (Å²) >= 11 is 0. The summed E-state index contributed by atoms with van der Waals surface area (Å²) in [5.41, 5.74) is 0. The zero-order valence-electron chi connectivity index (χ0n) is 10.1. The number of carbonyl (C=O) groups excluding carboxylic acids is 1. The maximum absolute atomic E-state index is 12.0. The van der Waals surface area contributed by atoms with Crippen LogP contribution >= 0.6 is 0 Å². The summed E-state index contributed by atoms with van der Waals surface area (Å²) in [6, 6.07) is 0. The van der Waals surface area contributed by atoms with Gasteiger partial charge in [-0.05, 0) is 19.8 Å².